The number of hydrogen-bond acceptors (Lipinski definition) is 5. The number of nitrogens with zero attached hydrogens (tertiary/aromatic N) is 1. The standard InChI is InChI=1S/C19H24N2O4S2/c1-5-26-18-9-7-6-8-15(18)20-19(22)13-21(27(4,23)24)16-12-14(2)10-11-17(16)25-3/h6-12H,5,13H2,1-4H3,(H,20,22). The van der Waals surface area contributed by atoms with Gasteiger partial charge in [0.1, 0.15) is 12.3 Å². The lowest BCUT2D eigenvalue weighted by atomic mass is 10.2. The van der Waals surface area contributed by atoms with Crippen molar-refractivity contribution in [1.29, 1.82) is 0 Å². The summed E-state index contributed by atoms with van der Waals surface area (Å²) >= 11 is 1.61. The summed E-state index contributed by atoms with van der Waals surface area (Å²) in [6.45, 7) is 3.53. The topological polar surface area (TPSA) is 75.7 Å². The van der Waals surface area contributed by atoms with Crippen LogP contribution in [-0.2, 0) is 14.8 Å². The van der Waals surface area contributed by atoms with Crippen molar-refractivity contribution in [2.24, 2.45) is 0 Å². The molecule has 0 bridgehead atoms. The molecule has 2 rings (SSSR count). The van der Waals surface area contributed by atoms with Crippen LogP contribution < -0.4 is 14.4 Å². The van der Waals surface area contributed by atoms with Gasteiger partial charge in [0.05, 0.1) is 24.7 Å². The first-order chi connectivity index (χ1) is 12.8. The van der Waals surface area contributed by atoms with Crippen LogP contribution in [0.5, 0.6) is 5.75 Å². The number of aryl methyl sites for hydroxylation is 1. The molecule has 0 atom stereocenters. The average molecular weight is 409 g/mol. The van der Waals surface area contributed by atoms with Crippen molar-refractivity contribution in [3.05, 3.63) is 48.0 Å². The minimum Gasteiger partial charge on any atom is -0.495 e. The molecule has 2 aromatic carbocycles. The zero-order chi connectivity index (χ0) is 20.0. The lowest BCUT2D eigenvalue weighted by Crippen LogP contribution is -2.37. The Morgan fingerprint density at radius 3 is 2.56 bits per heavy atom. The summed E-state index contributed by atoms with van der Waals surface area (Å²) in [6.07, 6.45) is 1.07. The maximum Gasteiger partial charge on any atom is 0.245 e. The predicted molar refractivity (Wildman–Crippen MR) is 111 cm³/mol. The van der Waals surface area contributed by atoms with Crippen LogP contribution in [0.4, 0.5) is 11.4 Å². The van der Waals surface area contributed by atoms with Gasteiger partial charge in [0, 0.05) is 4.90 Å². The van der Waals surface area contributed by atoms with Gasteiger partial charge in [0.25, 0.3) is 0 Å². The van der Waals surface area contributed by atoms with E-state index in [9.17, 15) is 13.2 Å². The third-order valence-corrected chi connectivity index (χ3v) is 5.83. The minimum absolute atomic E-state index is 0.339. The van der Waals surface area contributed by atoms with Crippen molar-refractivity contribution >= 4 is 39.1 Å². The molecule has 1 N–H and O–H groups in total. The van der Waals surface area contributed by atoms with Crippen molar-refractivity contribution in [3.63, 3.8) is 0 Å². The molecule has 0 aliphatic carbocycles. The number of amides is 1. The maximum absolute atomic E-state index is 12.6. The van der Waals surface area contributed by atoms with E-state index in [1.165, 1.54) is 7.11 Å². The molecular formula is C19H24N2O4S2. The number of hydrogen-bond donors (Lipinski definition) is 1. The molecule has 0 radical (unpaired) electrons. The molecule has 27 heavy (non-hydrogen) atoms. The van der Waals surface area contributed by atoms with Crippen LogP contribution in [0.2, 0.25) is 0 Å². The number of anilines is 2. The van der Waals surface area contributed by atoms with Gasteiger partial charge in [0.2, 0.25) is 15.9 Å². The zero-order valence-corrected chi connectivity index (χ0v) is 17.5. The van der Waals surface area contributed by atoms with Crippen molar-refractivity contribution in [3.8, 4) is 5.75 Å². The molecule has 0 aromatic heterocycles. The number of ether oxygens (including phenoxy) is 1. The molecular weight excluding hydrogens is 384 g/mol. The van der Waals surface area contributed by atoms with Gasteiger partial charge >= 0.3 is 0 Å². The van der Waals surface area contributed by atoms with E-state index in [4.69, 9.17) is 4.74 Å². The van der Waals surface area contributed by atoms with Crippen LogP contribution in [0, 0.1) is 6.92 Å². The fourth-order valence-corrected chi connectivity index (χ4v) is 4.16. The summed E-state index contributed by atoms with van der Waals surface area (Å²) in [7, 11) is -2.22. The van der Waals surface area contributed by atoms with Crippen molar-refractivity contribution in [2.75, 3.05) is 35.3 Å². The number of methoxy groups -OCH3 is 1. The molecule has 0 aliphatic heterocycles. The summed E-state index contributed by atoms with van der Waals surface area (Å²) < 4.78 is 31.1. The lowest BCUT2D eigenvalue weighted by molar-refractivity contribution is -0.114. The molecule has 0 unspecified atom stereocenters. The van der Waals surface area contributed by atoms with E-state index in [1.54, 1.807) is 30.0 Å². The summed E-state index contributed by atoms with van der Waals surface area (Å²) in [4.78, 5) is 13.6. The van der Waals surface area contributed by atoms with E-state index < -0.39 is 15.9 Å². The summed E-state index contributed by atoms with van der Waals surface area (Å²) in [5.74, 6) is 0.831. The third kappa shape index (κ3) is 5.64. The second-order valence-electron chi connectivity index (χ2n) is 5.92. The number of carbonyl (C=O) groups excluding carboxylic acids is 1. The van der Waals surface area contributed by atoms with Crippen LogP contribution in [0.1, 0.15) is 12.5 Å². The monoisotopic (exact) mass is 408 g/mol. The summed E-state index contributed by atoms with van der Waals surface area (Å²) in [6, 6.07) is 12.6. The van der Waals surface area contributed by atoms with E-state index in [0.29, 0.717) is 17.1 Å². The first-order valence-electron chi connectivity index (χ1n) is 8.40. The molecule has 0 spiro atoms. The first kappa shape index (κ1) is 21.1. The van der Waals surface area contributed by atoms with Crippen LogP contribution in [-0.4, -0.2) is 40.0 Å². The molecule has 146 valence electrons. The number of para-hydroxylation sites is 1. The first-order valence-corrected chi connectivity index (χ1v) is 11.2. The largest absolute Gasteiger partial charge is 0.495 e. The second-order valence-corrected chi connectivity index (χ2v) is 9.13. The highest BCUT2D eigenvalue weighted by molar-refractivity contribution is 7.99. The van der Waals surface area contributed by atoms with E-state index in [2.05, 4.69) is 5.32 Å². The normalized spacial score (nSPS) is 11.1. The quantitative estimate of drug-likeness (QED) is 0.677. The van der Waals surface area contributed by atoms with Crippen LogP contribution in [0.15, 0.2) is 47.4 Å². The summed E-state index contributed by atoms with van der Waals surface area (Å²) in [5.41, 5.74) is 1.87. The molecule has 0 heterocycles. The number of rotatable bonds is 8. The van der Waals surface area contributed by atoms with Gasteiger partial charge < -0.3 is 10.1 Å². The maximum atomic E-state index is 12.6. The Morgan fingerprint density at radius 2 is 1.93 bits per heavy atom. The number of sulfonamides is 1. The Hall–Kier alpha value is -2.19. The average Bonchev–Trinajstić information content (AvgIpc) is 2.60. The predicted octanol–water partition coefficient (Wildman–Crippen LogP) is 3.52. The fraction of sp³-hybridized carbons (Fsp3) is 0.316. The van der Waals surface area contributed by atoms with Crippen molar-refractivity contribution in [1.82, 2.24) is 0 Å². The lowest BCUT2D eigenvalue weighted by Gasteiger charge is -2.24. The van der Waals surface area contributed by atoms with Gasteiger partial charge in [-0.2, -0.15) is 0 Å². The number of nitrogens with one attached hydrogen (secondary N) is 1. The van der Waals surface area contributed by atoms with E-state index in [-0.39, 0.29) is 6.54 Å². The Kier molecular flexibility index (Phi) is 7.15. The van der Waals surface area contributed by atoms with Crippen molar-refractivity contribution < 1.29 is 17.9 Å². The SMILES string of the molecule is CCSc1ccccc1NC(=O)CN(c1cc(C)ccc1OC)S(C)(=O)=O. The molecule has 0 saturated carbocycles. The Bertz CT molecular complexity index is 914. The Labute approximate surface area is 165 Å². The third-order valence-electron chi connectivity index (χ3n) is 3.75. The number of benzene rings is 2. The zero-order valence-electron chi connectivity index (χ0n) is 15.9. The molecule has 0 aliphatic rings. The van der Waals surface area contributed by atoms with Crippen LogP contribution in [0.25, 0.3) is 0 Å². The van der Waals surface area contributed by atoms with E-state index in [0.717, 1.165) is 26.8 Å². The molecule has 6 nitrogen and oxygen atoms in total. The Morgan fingerprint density at radius 1 is 1.22 bits per heavy atom. The van der Waals surface area contributed by atoms with Gasteiger partial charge in [0.15, 0.2) is 0 Å². The fourth-order valence-electron chi connectivity index (χ4n) is 2.55. The van der Waals surface area contributed by atoms with Gasteiger partial charge in [-0.1, -0.05) is 25.1 Å². The Balaban J connectivity index is 2.31. The minimum atomic E-state index is -3.69. The van der Waals surface area contributed by atoms with E-state index >= 15 is 0 Å². The van der Waals surface area contributed by atoms with Crippen molar-refractivity contribution in [2.45, 2.75) is 18.7 Å². The summed E-state index contributed by atoms with van der Waals surface area (Å²) in [5, 5.41) is 2.81. The molecule has 2 aromatic rings. The molecule has 0 fully saturated rings. The van der Waals surface area contributed by atoms with Gasteiger partial charge in [-0.3, -0.25) is 9.10 Å². The number of carbonyl (C=O) groups is 1. The highest BCUT2D eigenvalue weighted by Crippen LogP contribution is 2.31. The second kappa shape index (κ2) is 9.14. The molecule has 1 amide bonds. The van der Waals surface area contributed by atoms with Gasteiger partial charge in [-0.15, -0.1) is 11.8 Å². The van der Waals surface area contributed by atoms with Gasteiger partial charge in [-0.05, 0) is 42.5 Å². The van der Waals surface area contributed by atoms with Gasteiger partial charge in [-0.25, -0.2) is 8.42 Å². The number of thioether (sulfide) groups is 1. The van der Waals surface area contributed by atoms with Crippen LogP contribution in [0.3, 0.4) is 0 Å². The molecule has 8 heteroatoms. The highest BCUT2D eigenvalue weighted by Gasteiger charge is 2.24. The molecule has 0 saturated heterocycles. The smallest absolute Gasteiger partial charge is 0.245 e. The highest BCUT2D eigenvalue weighted by atomic mass is 32.2. The van der Waals surface area contributed by atoms with E-state index in [1.807, 2.05) is 38.1 Å². The van der Waals surface area contributed by atoms with Crippen LogP contribution >= 0.6 is 11.8 Å².